The van der Waals surface area contributed by atoms with Crippen LogP contribution in [0.25, 0.3) is 0 Å². The van der Waals surface area contributed by atoms with Gasteiger partial charge >= 0.3 is 0 Å². The van der Waals surface area contributed by atoms with Gasteiger partial charge in [0, 0.05) is 13.6 Å². The molecule has 0 unspecified atom stereocenters. The predicted molar refractivity (Wildman–Crippen MR) is 85.6 cm³/mol. The third-order valence-electron chi connectivity index (χ3n) is 3.57. The number of hydrogen-bond acceptors (Lipinski definition) is 2. The van der Waals surface area contributed by atoms with Gasteiger partial charge in [-0.1, -0.05) is 38.1 Å². The van der Waals surface area contributed by atoms with E-state index >= 15 is 0 Å². The van der Waals surface area contributed by atoms with Crippen LogP contribution in [0, 0.1) is 5.82 Å². The smallest absolute Gasteiger partial charge is 0.207 e. The lowest BCUT2D eigenvalue weighted by Gasteiger charge is -2.17. The highest BCUT2D eigenvalue weighted by Gasteiger charge is 2.20. The van der Waals surface area contributed by atoms with Crippen LogP contribution in [0.3, 0.4) is 0 Å². The predicted octanol–water partition coefficient (Wildman–Crippen LogP) is 3.77. The monoisotopic (exact) mass is 321 g/mol. The minimum atomic E-state index is -3.61. The first-order valence-corrected chi connectivity index (χ1v) is 8.55. The average molecular weight is 321 g/mol. The molecule has 0 spiro atoms. The van der Waals surface area contributed by atoms with Gasteiger partial charge in [-0.05, 0) is 41.3 Å². The van der Waals surface area contributed by atoms with Crippen LogP contribution in [0.2, 0.25) is 0 Å². The van der Waals surface area contributed by atoms with Crippen molar-refractivity contribution in [3.63, 3.8) is 0 Å². The Morgan fingerprint density at radius 2 is 1.55 bits per heavy atom. The van der Waals surface area contributed by atoms with Gasteiger partial charge in [-0.2, -0.15) is 4.31 Å². The minimum absolute atomic E-state index is 0.0928. The second kappa shape index (κ2) is 6.58. The van der Waals surface area contributed by atoms with Crippen molar-refractivity contribution in [3.8, 4) is 0 Å². The molecule has 3 nitrogen and oxygen atoms in total. The molecule has 0 radical (unpaired) electrons. The molecule has 118 valence electrons. The Morgan fingerprint density at radius 3 is 2.05 bits per heavy atom. The highest BCUT2D eigenvalue weighted by atomic mass is 32.2. The number of hydrogen-bond donors (Lipinski definition) is 0. The third kappa shape index (κ3) is 3.72. The van der Waals surface area contributed by atoms with Crippen molar-refractivity contribution >= 4 is 10.0 Å². The molecule has 2 aromatic rings. The summed E-state index contributed by atoms with van der Waals surface area (Å²) < 4.78 is 39.0. The summed E-state index contributed by atoms with van der Waals surface area (Å²) in [5, 5.41) is 0. The summed E-state index contributed by atoms with van der Waals surface area (Å²) in [5.41, 5.74) is 2.13. The molecule has 0 atom stereocenters. The topological polar surface area (TPSA) is 37.4 Å². The van der Waals surface area contributed by atoms with Crippen LogP contribution in [-0.4, -0.2) is 19.8 Å². The van der Waals surface area contributed by atoms with Crippen LogP contribution in [0.5, 0.6) is 0 Å². The van der Waals surface area contributed by atoms with Gasteiger partial charge in [-0.15, -0.1) is 0 Å². The van der Waals surface area contributed by atoms with E-state index in [2.05, 4.69) is 13.8 Å². The van der Waals surface area contributed by atoms with Crippen molar-refractivity contribution in [1.29, 1.82) is 0 Å². The molecule has 0 N–H and O–H groups in total. The van der Waals surface area contributed by atoms with Gasteiger partial charge in [-0.25, -0.2) is 12.8 Å². The van der Waals surface area contributed by atoms with Crippen molar-refractivity contribution in [2.75, 3.05) is 7.05 Å². The van der Waals surface area contributed by atoms with Gasteiger partial charge in [0.2, 0.25) is 10.0 Å². The number of sulfonamides is 1. The molecule has 2 rings (SSSR count). The molecule has 0 aliphatic carbocycles. The zero-order valence-electron chi connectivity index (χ0n) is 13.0. The van der Waals surface area contributed by atoms with E-state index in [0.717, 1.165) is 17.7 Å². The van der Waals surface area contributed by atoms with Gasteiger partial charge in [0.15, 0.2) is 0 Å². The Kier molecular flexibility index (Phi) is 4.98. The first-order chi connectivity index (χ1) is 10.3. The van der Waals surface area contributed by atoms with Crippen molar-refractivity contribution in [1.82, 2.24) is 4.31 Å². The van der Waals surface area contributed by atoms with Gasteiger partial charge in [0.25, 0.3) is 0 Å². The van der Waals surface area contributed by atoms with E-state index in [1.165, 1.54) is 29.0 Å². The molecule has 0 heterocycles. The van der Waals surface area contributed by atoms with E-state index < -0.39 is 15.8 Å². The minimum Gasteiger partial charge on any atom is -0.207 e. The lowest BCUT2D eigenvalue weighted by molar-refractivity contribution is 0.466. The van der Waals surface area contributed by atoms with Crippen LogP contribution in [0.15, 0.2) is 53.4 Å². The standard InChI is InChI=1S/C17H20FNO2S/c1-13(2)15-6-4-14(5-7-15)12-19(3)22(20,21)17-10-8-16(18)9-11-17/h4-11,13H,12H2,1-3H3. The van der Waals surface area contributed by atoms with Crippen LogP contribution >= 0.6 is 0 Å². The van der Waals surface area contributed by atoms with Crippen molar-refractivity contribution in [2.45, 2.75) is 31.2 Å². The molecule has 0 saturated heterocycles. The molecular formula is C17H20FNO2S. The zero-order chi connectivity index (χ0) is 16.3. The Balaban J connectivity index is 2.17. The fourth-order valence-corrected chi connectivity index (χ4v) is 3.30. The average Bonchev–Trinajstić information content (AvgIpc) is 2.48. The van der Waals surface area contributed by atoms with Crippen LogP contribution < -0.4 is 0 Å². The van der Waals surface area contributed by atoms with Gasteiger partial charge < -0.3 is 0 Å². The fraction of sp³-hybridized carbons (Fsp3) is 0.294. The molecule has 0 aromatic heterocycles. The summed E-state index contributed by atoms with van der Waals surface area (Å²) in [7, 11) is -2.09. The summed E-state index contributed by atoms with van der Waals surface area (Å²) in [4.78, 5) is 0.0928. The highest BCUT2D eigenvalue weighted by Crippen LogP contribution is 2.19. The molecule has 0 bridgehead atoms. The van der Waals surface area contributed by atoms with Crippen LogP contribution in [0.1, 0.15) is 30.9 Å². The Labute approximate surface area is 131 Å². The summed E-state index contributed by atoms with van der Waals surface area (Å²) in [6.45, 7) is 4.50. The third-order valence-corrected chi connectivity index (χ3v) is 5.39. The molecular weight excluding hydrogens is 301 g/mol. The van der Waals surface area contributed by atoms with Gasteiger partial charge in [0.05, 0.1) is 4.90 Å². The van der Waals surface area contributed by atoms with E-state index in [-0.39, 0.29) is 11.4 Å². The van der Waals surface area contributed by atoms with E-state index in [4.69, 9.17) is 0 Å². The fourth-order valence-electron chi connectivity index (χ4n) is 2.14. The number of halogens is 1. The molecule has 0 fully saturated rings. The highest BCUT2D eigenvalue weighted by molar-refractivity contribution is 7.89. The molecule has 0 aliphatic rings. The molecule has 5 heteroatoms. The SMILES string of the molecule is CC(C)c1ccc(CN(C)S(=O)(=O)c2ccc(F)cc2)cc1. The summed E-state index contributed by atoms with van der Waals surface area (Å²) >= 11 is 0. The maximum Gasteiger partial charge on any atom is 0.243 e. The summed E-state index contributed by atoms with van der Waals surface area (Å²) in [5.74, 6) is -0.0133. The maximum absolute atomic E-state index is 12.9. The van der Waals surface area contributed by atoms with E-state index in [1.807, 2.05) is 24.3 Å². The quantitative estimate of drug-likeness (QED) is 0.840. The number of rotatable bonds is 5. The van der Waals surface area contributed by atoms with Crippen molar-refractivity contribution in [3.05, 3.63) is 65.5 Å². The lowest BCUT2D eigenvalue weighted by atomic mass is 10.0. The van der Waals surface area contributed by atoms with Crippen LogP contribution in [-0.2, 0) is 16.6 Å². The Bertz CT molecular complexity index is 722. The number of benzene rings is 2. The van der Waals surface area contributed by atoms with Gasteiger partial charge in [0.1, 0.15) is 5.82 Å². The molecule has 0 amide bonds. The van der Waals surface area contributed by atoms with Crippen LogP contribution in [0.4, 0.5) is 4.39 Å². The Morgan fingerprint density at radius 1 is 1.00 bits per heavy atom. The summed E-state index contributed by atoms with van der Waals surface area (Å²) in [6.07, 6.45) is 0. The van der Waals surface area contributed by atoms with E-state index in [0.29, 0.717) is 5.92 Å². The first kappa shape index (κ1) is 16.6. The van der Waals surface area contributed by atoms with E-state index in [9.17, 15) is 12.8 Å². The lowest BCUT2D eigenvalue weighted by Crippen LogP contribution is -2.26. The Hall–Kier alpha value is -1.72. The zero-order valence-corrected chi connectivity index (χ0v) is 13.8. The first-order valence-electron chi connectivity index (χ1n) is 7.11. The second-order valence-corrected chi connectivity index (χ2v) is 7.66. The largest absolute Gasteiger partial charge is 0.243 e. The maximum atomic E-state index is 12.9. The van der Waals surface area contributed by atoms with Crippen molar-refractivity contribution in [2.24, 2.45) is 0 Å². The molecule has 2 aromatic carbocycles. The second-order valence-electron chi connectivity index (χ2n) is 5.61. The van der Waals surface area contributed by atoms with Gasteiger partial charge in [-0.3, -0.25) is 0 Å². The van der Waals surface area contributed by atoms with Crippen molar-refractivity contribution < 1.29 is 12.8 Å². The number of nitrogens with zero attached hydrogens (tertiary/aromatic N) is 1. The summed E-state index contributed by atoms with van der Waals surface area (Å²) in [6, 6.07) is 12.8. The molecule has 0 saturated carbocycles. The molecule has 0 aliphatic heterocycles. The normalized spacial score (nSPS) is 12.1. The molecule has 22 heavy (non-hydrogen) atoms. The van der Waals surface area contributed by atoms with E-state index in [1.54, 1.807) is 0 Å².